The summed E-state index contributed by atoms with van der Waals surface area (Å²) in [6.07, 6.45) is 2.28. The maximum atomic E-state index is 12.1. The molecule has 1 unspecified atom stereocenters. The summed E-state index contributed by atoms with van der Waals surface area (Å²) in [5.41, 5.74) is 0. The Labute approximate surface area is 152 Å². The lowest BCUT2D eigenvalue weighted by atomic mass is 10.2. The minimum absolute atomic E-state index is 0.0420. The fraction of sp³-hybridized carbons (Fsp3) is 0.611. The number of aryl methyl sites for hydroxylation is 1. The highest BCUT2D eigenvalue weighted by Gasteiger charge is 2.21. The summed E-state index contributed by atoms with van der Waals surface area (Å²) in [7, 11) is 0. The Morgan fingerprint density at radius 2 is 2.35 bits per heavy atom. The van der Waals surface area contributed by atoms with Crippen LogP contribution in [0, 0.1) is 5.92 Å². The number of hydrogen-bond acceptors (Lipinski definition) is 7. The second kappa shape index (κ2) is 8.95. The maximum Gasteiger partial charge on any atom is 0.238 e. The minimum Gasteiger partial charge on any atom is -0.461 e. The average molecular weight is 362 g/mol. The second-order valence-corrected chi connectivity index (χ2v) is 6.94. The van der Waals surface area contributed by atoms with Crippen molar-refractivity contribution in [3.8, 4) is 11.6 Å². The van der Waals surface area contributed by atoms with Crippen molar-refractivity contribution in [2.45, 2.75) is 32.8 Å². The monoisotopic (exact) mass is 362 g/mol. The zero-order valence-electron chi connectivity index (χ0n) is 15.3. The molecule has 3 rings (SSSR count). The molecule has 1 aliphatic rings. The van der Waals surface area contributed by atoms with E-state index in [1.54, 1.807) is 18.4 Å². The zero-order chi connectivity index (χ0) is 18.4. The molecule has 1 amide bonds. The molecule has 0 saturated carbocycles. The molecule has 0 aromatic carbocycles. The van der Waals surface area contributed by atoms with E-state index in [2.05, 4.69) is 34.2 Å². The van der Waals surface area contributed by atoms with E-state index in [0.29, 0.717) is 49.4 Å². The fourth-order valence-electron chi connectivity index (χ4n) is 2.98. The molecule has 0 radical (unpaired) electrons. The van der Waals surface area contributed by atoms with Crippen LogP contribution in [0.3, 0.4) is 0 Å². The summed E-state index contributed by atoms with van der Waals surface area (Å²) in [5.74, 6) is 1.94. The van der Waals surface area contributed by atoms with E-state index in [1.807, 2.05) is 0 Å². The van der Waals surface area contributed by atoms with Crippen molar-refractivity contribution in [2.75, 3.05) is 32.8 Å². The zero-order valence-corrected chi connectivity index (χ0v) is 15.3. The van der Waals surface area contributed by atoms with Crippen LogP contribution < -0.4 is 5.32 Å². The summed E-state index contributed by atoms with van der Waals surface area (Å²) < 4.78 is 16.1. The number of nitrogens with zero attached hydrogens (tertiary/aromatic N) is 3. The molecule has 3 heterocycles. The topological polar surface area (TPSA) is 93.6 Å². The van der Waals surface area contributed by atoms with Crippen LogP contribution in [0.4, 0.5) is 0 Å². The number of amides is 1. The number of morpholine rings is 1. The average Bonchev–Trinajstić information content (AvgIpc) is 3.29. The van der Waals surface area contributed by atoms with Crippen LogP contribution in [0.15, 0.2) is 27.3 Å². The molecule has 0 spiro atoms. The summed E-state index contributed by atoms with van der Waals surface area (Å²) >= 11 is 0. The van der Waals surface area contributed by atoms with Crippen LogP contribution >= 0.6 is 0 Å². The Kier molecular flexibility index (Phi) is 6.40. The third-order valence-electron chi connectivity index (χ3n) is 4.15. The Morgan fingerprint density at radius 3 is 3.12 bits per heavy atom. The van der Waals surface area contributed by atoms with Gasteiger partial charge in [0, 0.05) is 39.0 Å². The van der Waals surface area contributed by atoms with Gasteiger partial charge in [0.2, 0.25) is 17.6 Å². The van der Waals surface area contributed by atoms with Crippen molar-refractivity contribution in [3.05, 3.63) is 24.3 Å². The maximum absolute atomic E-state index is 12.1. The van der Waals surface area contributed by atoms with Crippen LogP contribution in [0.25, 0.3) is 11.6 Å². The van der Waals surface area contributed by atoms with E-state index >= 15 is 0 Å². The standard InChI is InChI=1S/C18H26N4O4/c1-13(2)11-22-7-9-24-14(12-22)10-19-16(23)5-6-17-20-18(21-26-17)15-4-3-8-25-15/h3-4,8,13-14H,5-7,9-12H2,1-2H3,(H,19,23). The van der Waals surface area contributed by atoms with Crippen LogP contribution in [-0.2, 0) is 16.0 Å². The van der Waals surface area contributed by atoms with Crippen molar-refractivity contribution < 1.29 is 18.5 Å². The predicted molar refractivity (Wildman–Crippen MR) is 94.3 cm³/mol. The van der Waals surface area contributed by atoms with Crippen molar-refractivity contribution in [3.63, 3.8) is 0 Å². The molecular formula is C18H26N4O4. The first-order valence-corrected chi connectivity index (χ1v) is 9.07. The second-order valence-electron chi connectivity index (χ2n) is 6.94. The number of hydrogen-bond donors (Lipinski definition) is 1. The van der Waals surface area contributed by atoms with Gasteiger partial charge in [-0.3, -0.25) is 9.69 Å². The highest BCUT2D eigenvalue weighted by molar-refractivity contribution is 5.76. The van der Waals surface area contributed by atoms with E-state index in [9.17, 15) is 4.79 Å². The quantitative estimate of drug-likeness (QED) is 0.764. The van der Waals surface area contributed by atoms with Gasteiger partial charge < -0.3 is 19.0 Å². The fourth-order valence-corrected chi connectivity index (χ4v) is 2.98. The molecule has 26 heavy (non-hydrogen) atoms. The first kappa shape index (κ1) is 18.6. The molecule has 1 atom stereocenters. The van der Waals surface area contributed by atoms with Crippen molar-refractivity contribution >= 4 is 5.91 Å². The van der Waals surface area contributed by atoms with Gasteiger partial charge in [-0.1, -0.05) is 19.0 Å². The Bertz CT molecular complexity index is 683. The first-order chi connectivity index (χ1) is 12.6. The summed E-state index contributed by atoms with van der Waals surface area (Å²) in [6.45, 7) is 8.53. The Balaban J connectivity index is 1.38. The smallest absolute Gasteiger partial charge is 0.238 e. The number of carbonyl (C=O) groups excluding carboxylic acids is 1. The largest absolute Gasteiger partial charge is 0.461 e. The number of aromatic nitrogens is 2. The molecule has 8 heteroatoms. The minimum atomic E-state index is -0.0488. The molecule has 1 N–H and O–H groups in total. The van der Waals surface area contributed by atoms with Crippen LogP contribution in [0.1, 0.15) is 26.2 Å². The van der Waals surface area contributed by atoms with Crippen molar-refractivity contribution in [1.29, 1.82) is 0 Å². The van der Waals surface area contributed by atoms with Gasteiger partial charge in [-0.15, -0.1) is 0 Å². The molecule has 0 bridgehead atoms. The van der Waals surface area contributed by atoms with E-state index in [0.717, 1.165) is 19.6 Å². The lowest BCUT2D eigenvalue weighted by Gasteiger charge is -2.33. The normalized spacial score (nSPS) is 18.3. The van der Waals surface area contributed by atoms with Gasteiger partial charge in [0.15, 0.2) is 5.76 Å². The van der Waals surface area contributed by atoms with E-state index < -0.39 is 0 Å². The van der Waals surface area contributed by atoms with Gasteiger partial charge in [0.25, 0.3) is 0 Å². The number of ether oxygens (including phenoxy) is 1. The lowest BCUT2D eigenvalue weighted by Crippen LogP contribution is -2.48. The number of rotatable bonds is 8. The highest BCUT2D eigenvalue weighted by Crippen LogP contribution is 2.16. The molecule has 2 aromatic heterocycles. The van der Waals surface area contributed by atoms with Crippen LogP contribution in [0.2, 0.25) is 0 Å². The van der Waals surface area contributed by atoms with Gasteiger partial charge >= 0.3 is 0 Å². The van der Waals surface area contributed by atoms with Crippen LogP contribution in [-0.4, -0.2) is 59.8 Å². The van der Waals surface area contributed by atoms with E-state index in [1.165, 1.54) is 0 Å². The summed E-state index contributed by atoms with van der Waals surface area (Å²) in [6, 6.07) is 3.52. The van der Waals surface area contributed by atoms with Gasteiger partial charge in [0.1, 0.15) is 0 Å². The third kappa shape index (κ3) is 5.40. The van der Waals surface area contributed by atoms with Crippen molar-refractivity contribution in [2.24, 2.45) is 5.92 Å². The summed E-state index contributed by atoms with van der Waals surface area (Å²) in [4.78, 5) is 18.7. The lowest BCUT2D eigenvalue weighted by molar-refractivity contribution is -0.122. The van der Waals surface area contributed by atoms with Crippen LogP contribution in [0.5, 0.6) is 0 Å². The van der Waals surface area contributed by atoms with Gasteiger partial charge in [-0.2, -0.15) is 4.98 Å². The molecule has 1 fully saturated rings. The van der Waals surface area contributed by atoms with Gasteiger partial charge in [-0.05, 0) is 18.1 Å². The SMILES string of the molecule is CC(C)CN1CCOC(CNC(=O)CCc2nc(-c3ccco3)no2)C1. The summed E-state index contributed by atoms with van der Waals surface area (Å²) in [5, 5.41) is 6.78. The Hall–Kier alpha value is -2.19. The first-order valence-electron chi connectivity index (χ1n) is 9.07. The molecular weight excluding hydrogens is 336 g/mol. The van der Waals surface area contributed by atoms with Crippen molar-refractivity contribution in [1.82, 2.24) is 20.4 Å². The van der Waals surface area contributed by atoms with Gasteiger partial charge in [-0.25, -0.2) is 0 Å². The molecule has 0 aliphatic carbocycles. The molecule has 142 valence electrons. The number of furan rings is 1. The molecule has 1 saturated heterocycles. The van der Waals surface area contributed by atoms with E-state index in [4.69, 9.17) is 13.7 Å². The number of nitrogens with one attached hydrogen (secondary N) is 1. The molecule has 1 aliphatic heterocycles. The molecule has 2 aromatic rings. The highest BCUT2D eigenvalue weighted by atomic mass is 16.5. The third-order valence-corrected chi connectivity index (χ3v) is 4.15. The number of carbonyl (C=O) groups is 1. The van der Waals surface area contributed by atoms with Gasteiger partial charge in [0.05, 0.1) is 19.0 Å². The van der Waals surface area contributed by atoms with E-state index in [-0.39, 0.29) is 12.0 Å². The predicted octanol–water partition coefficient (Wildman–Crippen LogP) is 1.74. The molecule has 8 nitrogen and oxygen atoms in total. The Morgan fingerprint density at radius 1 is 1.46 bits per heavy atom.